The van der Waals surface area contributed by atoms with Crippen LogP contribution in [0, 0.1) is 5.82 Å². The Morgan fingerprint density at radius 3 is 2.96 bits per heavy atom. The molecule has 0 unspecified atom stereocenters. The van der Waals surface area contributed by atoms with Crippen molar-refractivity contribution >= 4 is 19.1 Å². The second-order valence-corrected chi connectivity index (χ2v) is 5.35. The number of benzene rings is 1. The number of rotatable bonds is 5. The number of carbonyl (C=O) groups excluding carboxylic acids is 2. The zero-order chi connectivity index (χ0) is 16.6. The highest BCUT2D eigenvalue weighted by atomic mass is 19.1. The summed E-state index contributed by atoms with van der Waals surface area (Å²) in [6, 6.07) is 2.69. The Bertz CT molecular complexity index is 650. The Balaban J connectivity index is 1.73. The lowest BCUT2D eigenvalue weighted by atomic mass is 9.77. The molecule has 1 aliphatic carbocycles. The molecule has 1 saturated carbocycles. The summed E-state index contributed by atoms with van der Waals surface area (Å²) < 4.78 is 33.2. The third kappa shape index (κ3) is 3.02. The van der Waals surface area contributed by atoms with Gasteiger partial charge >= 0.3 is 19.1 Å². The molecule has 0 saturated heterocycles. The maximum absolute atomic E-state index is 14.0. The fourth-order valence-corrected chi connectivity index (χ4v) is 2.66. The molecular formula is C14H14BFO7. The average Bonchev–Trinajstić information content (AvgIpc) is 3.28. The van der Waals surface area contributed by atoms with Crippen LogP contribution < -0.4 is 4.65 Å². The summed E-state index contributed by atoms with van der Waals surface area (Å²) in [5.41, 5.74) is 0.264. The molecular weight excluding hydrogens is 310 g/mol. The Labute approximate surface area is 131 Å². The van der Waals surface area contributed by atoms with Gasteiger partial charge in [0.25, 0.3) is 0 Å². The highest BCUT2D eigenvalue weighted by Crippen LogP contribution is 2.60. The van der Waals surface area contributed by atoms with Crippen molar-refractivity contribution in [3.05, 3.63) is 29.1 Å². The lowest BCUT2D eigenvalue weighted by Crippen LogP contribution is -2.28. The van der Waals surface area contributed by atoms with E-state index in [0.29, 0.717) is 5.56 Å². The second-order valence-electron chi connectivity index (χ2n) is 5.35. The lowest BCUT2D eigenvalue weighted by Gasteiger charge is -2.21. The third-order valence-electron chi connectivity index (χ3n) is 3.86. The summed E-state index contributed by atoms with van der Waals surface area (Å²) in [6.45, 7) is -0.955. The molecule has 0 aromatic heterocycles. The molecule has 2 aliphatic rings. The number of fused-ring (bicyclic) bond motifs is 3. The molecule has 3 rings (SSSR count). The van der Waals surface area contributed by atoms with Crippen LogP contribution in [0.15, 0.2) is 12.1 Å². The van der Waals surface area contributed by atoms with E-state index < -0.39 is 37.2 Å². The number of ether oxygens (including phenoxy) is 3. The number of esters is 2. The van der Waals surface area contributed by atoms with Crippen LogP contribution in [0.25, 0.3) is 0 Å². The molecule has 0 amide bonds. The third-order valence-corrected chi connectivity index (χ3v) is 3.86. The van der Waals surface area contributed by atoms with Gasteiger partial charge in [-0.15, -0.1) is 0 Å². The monoisotopic (exact) mass is 324 g/mol. The van der Waals surface area contributed by atoms with Crippen LogP contribution in [0.2, 0.25) is 5.82 Å². The summed E-state index contributed by atoms with van der Waals surface area (Å²) in [5.74, 6) is -2.56. The number of carbonyl (C=O) groups is 2. The van der Waals surface area contributed by atoms with E-state index in [1.165, 1.54) is 13.2 Å². The van der Waals surface area contributed by atoms with Gasteiger partial charge in [0.05, 0.1) is 0 Å². The highest BCUT2D eigenvalue weighted by molar-refractivity contribution is 6.48. The molecule has 1 heterocycles. The van der Waals surface area contributed by atoms with Crippen LogP contribution in [-0.4, -0.2) is 44.6 Å². The van der Waals surface area contributed by atoms with E-state index in [1.54, 1.807) is 0 Å². The maximum Gasteiger partial charge on any atom is 0.526 e. The topological polar surface area (TPSA) is 91.3 Å². The van der Waals surface area contributed by atoms with Crippen molar-refractivity contribution in [3.8, 4) is 5.75 Å². The highest BCUT2D eigenvalue weighted by Gasteiger charge is 2.54. The van der Waals surface area contributed by atoms with Crippen LogP contribution in [0.5, 0.6) is 5.75 Å². The Morgan fingerprint density at radius 1 is 1.43 bits per heavy atom. The van der Waals surface area contributed by atoms with Gasteiger partial charge in [0.2, 0.25) is 6.79 Å². The van der Waals surface area contributed by atoms with Crippen LogP contribution >= 0.6 is 0 Å². The fraction of sp³-hybridized carbons (Fsp3) is 0.429. The molecule has 0 bridgehead atoms. The van der Waals surface area contributed by atoms with Gasteiger partial charge in [-0.25, -0.2) is 14.0 Å². The summed E-state index contributed by atoms with van der Waals surface area (Å²) in [5, 5.41) is 9.79. The molecule has 1 aromatic carbocycles. The van der Waals surface area contributed by atoms with Crippen LogP contribution in [0.3, 0.4) is 0 Å². The fourth-order valence-electron chi connectivity index (χ4n) is 2.66. The van der Waals surface area contributed by atoms with Crippen molar-refractivity contribution in [1.29, 1.82) is 0 Å². The molecule has 122 valence electrons. The van der Waals surface area contributed by atoms with E-state index in [-0.39, 0.29) is 24.1 Å². The Kier molecular flexibility index (Phi) is 4.23. The normalized spacial score (nSPS) is 20.9. The van der Waals surface area contributed by atoms with Gasteiger partial charge in [0, 0.05) is 12.9 Å². The average molecular weight is 324 g/mol. The zero-order valence-corrected chi connectivity index (χ0v) is 12.3. The molecule has 1 aromatic rings. The van der Waals surface area contributed by atoms with E-state index in [1.807, 2.05) is 0 Å². The largest absolute Gasteiger partial charge is 0.535 e. The van der Waals surface area contributed by atoms with E-state index in [0.717, 1.165) is 12.5 Å². The minimum Gasteiger partial charge on any atom is -0.535 e. The minimum atomic E-state index is -1.07. The van der Waals surface area contributed by atoms with E-state index in [4.69, 9.17) is 9.39 Å². The first-order valence-corrected chi connectivity index (χ1v) is 7.01. The first-order valence-electron chi connectivity index (χ1n) is 7.01. The summed E-state index contributed by atoms with van der Waals surface area (Å²) in [7, 11) is 0.243. The van der Waals surface area contributed by atoms with Crippen LogP contribution in [0.1, 0.15) is 28.3 Å². The van der Waals surface area contributed by atoms with Gasteiger partial charge in [0.1, 0.15) is 23.7 Å². The predicted molar refractivity (Wildman–Crippen MR) is 74.4 cm³/mol. The van der Waals surface area contributed by atoms with Gasteiger partial charge < -0.3 is 23.9 Å². The zero-order valence-electron chi connectivity index (χ0n) is 12.3. The molecule has 0 spiro atoms. The first-order chi connectivity index (χ1) is 11.0. The van der Waals surface area contributed by atoms with E-state index >= 15 is 0 Å². The lowest BCUT2D eigenvalue weighted by molar-refractivity contribution is -0.156. The summed E-state index contributed by atoms with van der Waals surface area (Å²) in [4.78, 5) is 23.1. The number of hydrogen-bond donors (Lipinski definition) is 1. The van der Waals surface area contributed by atoms with E-state index in [2.05, 4.69) is 9.47 Å². The molecule has 7 nitrogen and oxygen atoms in total. The number of hydrogen-bond acceptors (Lipinski definition) is 7. The van der Waals surface area contributed by atoms with Crippen molar-refractivity contribution in [3.63, 3.8) is 0 Å². The molecule has 0 radical (unpaired) electrons. The SMILES string of the molecule is COCC(=O)OCOC(=O)c1c(F)ccc2c1OB(O)[C@@H]1C[C@H]21. The molecule has 2 atom stereocenters. The standard InChI is InChI=1S/C14H14BFO7/c1-20-5-11(17)21-6-22-14(18)12-10(16)3-2-7-8-4-9(8)15(19)23-13(7)12/h2-3,8-9,19H,4-6H2,1H3/t8-,9-/m1/s1. The number of halogens is 1. The minimum absolute atomic E-state index is 0.00975. The predicted octanol–water partition coefficient (Wildman–Crippen LogP) is 0.860. The number of methoxy groups -OCH3 is 1. The smallest absolute Gasteiger partial charge is 0.526 e. The Hall–Kier alpha value is -2.13. The molecule has 9 heteroatoms. The van der Waals surface area contributed by atoms with Gasteiger partial charge in [0.15, 0.2) is 0 Å². The van der Waals surface area contributed by atoms with E-state index in [9.17, 15) is 19.0 Å². The van der Waals surface area contributed by atoms with Gasteiger partial charge in [-0.05, 0) is 24.0 Å². The van der Waals surface area contributed by atoms with Crippen molar-refractivity contribution in [1.82, 2.24) is 0 Å². The molecule has 1 aliphatic heterocycles. The van der Waals surface area contributed by atoms with Crippen LogP contribution in [0.4, 0.5) is 4.39 Å². The molecule has 1 fully saturated rings. The van der Waals surface area contributed by atoms with Crippen molar-refractivity contribution < 1.29 is 37.9 Å². The summed E-state index contributed by atoms with van der Waals surface area (Å²) >= 11 is 0. The maximum atomic E-state index is 14.0. The second kappa shape index (κ2) is 6.17. The van der Waals surface area contributed by atoms with Gasteiger partial charge in [-0.2, -0.15) is 0 Å². The van der Waals surface area contributed by atoms with Gasteiger partial charge in [-0.3, -0.25) is 0 Å². The van der Waals surface area contributed by atoms with Gasteiger partial charge in [-0.1, -0.05) is 6.07 Å². The quantitative estimate of drug-likeness (QED) is 0.488. The van der Waals surface area contributed by atoms with Crippen LogP contribution in [-0.2, 0) is 19.0 Å². The molecule has 23 heavy (non-hydrogen) atoms. The summed E-state index contributed by atoms with van der Waals surface area (Å²) in [6.07, 6.45) is 0.725. The van der Waals surface area contributed by atoms with Crippen molar-refractivity contribution in [2.75, 3.05) is 20.5 Å². The molecule has 1 N–H and O–H groups in total. The Morgan fingerprint density at radius 2 is 2.22 bits per heavy atom. The first kappa shape index (κ1) is 15.8. The van der Waals surface area contributed by atoms with Crippen molar-refractivity contribution in [2.24, 2.45) is 0 Å². The van der Waals surface area contributed by atoms with Crippen molar-refractivity contribution in [2.45, 2.75) is 18.2 Å².